The zero-order chi connectivity index (χ0) is 10.2. The molecule has 1 aromatic rings. The molecule has 0 heterocycles. The van der Waals surface area contributed by atoms with Gasteiger partial charge in [0.15, 0.2) is 0 Å². The normalized spacial score (nSPS) is 10.1. The standard InChI is InChI=1S/C10H12O2S2/c1-13-12-7-8-14-10(11)9-5-3-2-4-6-9/h2-6H,7-8H2,1H3. The zero-order valence-corrected chi connectivity index (χ0v) is 9.57. The number of hydrogen-bond donors (Lipinski definition) is 0. The Labute approximate surface area is 92.6 Å². The van der Waals surface area contributed by atoms with Crippen LogP contribution in [0.3, 0.4) is 0 Å². The van der Waals surface area contributed by atoms with Crippen molar-refractivity contribution < 1.29 is 8.98 Å². The van der Waals surface area contributed by atoms with Crippen molar-refractivity contribution in [1.82, 2.24) is 0 Å². The summed E-state index contributed by atoms with van der Waals surface area (Å²) in [6.45, 7) is 0.602. The SMILES string of the molecule is CSOCCSC(=O)c1ccccc1. The molecule has 0 aromatic heterocycles. The summed E-state index contributed by atoms with van der Waals surface area (Å²) in [4.78, 5) is 11.5. The number of hydrogen-bond acceptors (Lipinski definition) is 4. The van der Waals surface area contributed by atoms with Gasteiger partial charge in [0, 0.05) is 17.6 Å². The van der Waals surface area contributed by atoms with Gasteiger partial charge in [-0.25, -0.2) is 0 Å². The van der Waals surface area contributed by atoms with Gasteiger partial charge < -0.3 is 4.18 Å². The molecule has 4 heteroatoms. The van der Waals surface area contributed by atoms with Crippen LogP contribution in [0.4, 0.5) is 0 Å². The molecule has 0 bridgehead atoms. The van der Waals surface area contributed by atoms with Crippen LogP contribution in [0, 0.1) is 0 Å². The van der Waals surface area contributed by atoms with Crippen LogP contribution in [-0.2, 0) is 4.18 Å². The summed E-state index contributed by atoms with van der Waals surface area (Å²) in [6.07, 6.45) is 1.86. The third-order valence-electron chi connectivity index (χ3n) is 1.53. The maximum atomic E-state index is 11.5. The van der Waals surface area contributed by atoms with Crippen molar-refractivity contribution in [2.75, 3.05) is 18.6 Å². The maximum Gasteiger partial charge on any atom is 0.219 e. The quantitative estimate of drug-likeness (QED) is 0.572. The van der Waals surface area contributed by atoms with Crippen molar-refractivity contribution in [3.8, 4) is 0 Å². The summed E-state index contributed by atoms with van der Waals surface area (Å²) in [5, 5.41) is 0.107. The van der Waals surface area contributed by atoms with Crippen molar-refractivity contribution in [2.24, 2.45) is 0 Å². The van der Waals surface area contributed by atoms with E-state index in [1.165, 1.54) is 23.8 Å². The summed E-state index contributed by atoms with van der Waals surface area (Å²) in [5.41, 5.74) is 0.752. The van der Waals surface area contributed by atoms with Crippen molar-refractivity contribution in [3.05, 3.63) is 35.9 Å². The third kappa shape index (κ3) is 4.17. The average molecular weight is 228 g/mol. The highest BCUT2D eigenvalue weighted by Gasteiger charge is 2.04. The van der Waals surface area contributed by atoms with E-state index in [-0.39, 0.29) is 5.12 Å². The maximum absolute atomic E-state index is 11.5. The lowest BCUT2D eigenvalue weighted by molar-refractivity contribution is 0.108. The van der Waals surface area contributed by atoms with Gasteiger partial charge in [0.25, 0.3) is 0 Å². The predicted molar refractivity (Wildman–Crippen MR) is 62.7 cm³/mol. The monoisotopic (exact) mass is 228 g/mol. The number of rotatable bonds is 5. The highest BCUT2D eigenvalue weighted by Crippen LogP contribution is 2.12. The Morgan fingerprint density at radius 3 is 2.71 bits per heavy atom. The van der Waals surface area contributed by atoms with E-state index >= 15 is 0 Å². The molecule has 1 rings (SSSR count). The van der Waals surface area contributed by atoms with Gasteiger partial charge in [-0.1, -0.05) is 42.1 Å². The molecule has 0 saturated heterocycles. The van der Waals surface area contributed by atoms with Crippen LogP contribution < -0.4 is 0 Å². The lowest BCUT2D eigenvalue weighted by Crippen LogP contribution is -1.97. The lowest BCUT2D eigenvalue weighted by Gasteiger charge is -2.00. The van der Waals surface area contributed by atoms with Crippen molar-refractivity contribution in [3.63, 3.8) is 0 Å². The molecule has 76 valence electrons. The van der Waals surface area contributed by atoms with Crippen LogP contribution in [-0.4, -0.2) is 23.7 Å². The van der Waals surface area contributed by atoms with Crippen LogP contribution in [0.2, 0.25) is 0 Å². The summed E-state index contributed by atoms with van der Waals surface area (Å²) in [5.74, 6) is 0.703. The van der Waals surface area contributed by atoms with Crippen molar-refractivity contribution in [1.29, 1.82) is 0 Å². The Kier molecular flexibility index (Phi) is 5.75. The highest BCUT2D eigenvalue weighted by atomic mass is 32.2. The van der Waals surface area contributed by atoms with E-state index in [4.69, 9.17) is 4.18 Å². The second kappa shape index (κ2) is 6.92. The Balaban J connectivity index is 2.29. The molecule has 0 saturated carbocycles. The van der Waals surface area contributed by atoms with E-state index in [9.17, 15) is 4.79 Å². The molecule has 0 unspecified atom stereocenters. The van der Waals surface area contributed by atoms with Gasteiger partial charge in [0.1, 0.15) is 0 Å². The van der Waals surface area contributed by atoms with Crippen molar-refractivity contribution in [2.45, 2.75) is 0 Å². The molecule has 14 heavy (non-hydrogen) atoms. The van der Waals surface area contributed by atoms with Gasteiger partial charge >= 0.3 is 0 Å². The molecule has 0 spiro atoms. The van der Waals surface area contributed by atoms with Gasteiger partial charge in [0.05, 0.1) is 6.61 Å². The number of carbonyl (C=O) groups is 1. The smallest absolute Gasteiger partial charge is 0.219 e. The molecule has 0 aliphatic rings. The van der Waals surface area contributed by atoms with E-state index in [1.807, 2.05) is 36.6 Å². The molecule has 2 nitrogen and oxygen atoms in total. The van der Waals surface area contributed by atoms with Crippen LogP contribution >= 0.6 is 23.8 Å². The molecule has 1 aromatic carbocycles. The van der Waals surface area contributed by atoms with Crippen LogP contribution in [0.25, 0.3) is 0 Å². The number of thioether (sulfide) groups is 1. The largest absolute Gasteiger partial charge is 0.315 e. The fourth-order valence-electron chi connectivity index (χ4n) is 0.909. The molecular formula is C10H12O2S2. The van der Waals surface area contributed by atoms with Crippen molar-refractivity contribution >= 4 is 28.9 Å². The molecule has 0 amide bonds. The van der Waals surface area contributed by atoms with Gasteiger partial charge in [0.2, 0.25) is 5.12 Å². The Bertz CT molecular complexity index is 275. The van der Waals surface area contributed by atoms with E-state index in [2.05, 4.69) is 0 Å². The highest BCUT2D eigenvalue weighted by molar-refractivity contribution is 8.14. The van der Waals surface area contributed by atoms with Gasteiger partial charge in [-0.3, -0.25) is 4.79 Å². The van der Waals surface area contributed by atoms with Gasteiger partial charge in [-0.05, 0) is 12.0 Å². The van der Waals surface area contributed by atoms with E-state index in [1.54, 1.807) is 0 Å². The minimum Gasteiger partial charge on any atom is -0.315 e. The molecule has 0 N–H and O–H groups in total. The average Bonchev–Trinajstić information content (AvgIpc) is 2.25. The summed E-state index contributed by atoms with van der Waals surface area (Å²) >= 11 is 2.62. The van der Waals surface area contributed by atoms with E-state index in [0.717, 1.165) is 5.56 Å². The number of carbonyl (C=O) groups excluding carboxylic acids is 1. The number of benzene rings is 1. The topological polar surface area (TPSA) is 26.3 Å². The Hall–Kier alpha value is -0.450. The summed E-state index contributed by atoms with van der Waals surface area (Å²) < 4.78 is 5.06. The molecule has 0 aliphatic heterocycles. The van der Waals surface area contributed by atoms with E-state index < -0.39 is 0 Å². The fraction of sp³-hybridized carbons (Fsp3) is 0.300. The minimum atomic E-state index is 0.107. The van der Waals surface area contributed by atoms with Crippen LogP contribution in [0.5, 0.6) is 0 Å². The molecule has 0 aliphatic carbocycles. The van der Waals surface area contributed by atoms with Gasteiger partial charge in [-0.2, -0.15) is 0 Å². The summed E-state index contributed by atoms with van der Waals surface area (Å²) in [7, 11) is 0. The van der Waals surface area contributed by atoms with Crippen LogP contribution in [0.1, 0.15) is 10.4 Å². The second-order valence-electron chi connectivity index (χ2n) is 2.49. The fourth-order valence-corrected chi connectivity index (χ4v) is 1.92. The second-order valence-corrected chi connectivity index (χ2v) is 4.13. The Morgan fingerprint density at radius 2 is 2.07 bits per heavy atom. The van der Waals surface area contributed by atoms with Crippen LogP contribution in [0.15, 0.2) is 30.3 Å². The molecule has 0 atom stereocenters. The van der Waals surface area contributed by atoms with Gasteiger partial charge in [-0.15, -0.1) is 0 Å². The first-order valence-corrected chi connectivity index (χ1v) is 6.36. The zero-order valence-electron chi connectivity index (χ0n) is 7.93. The minimum absolute atomic E-state index is 0.107. The lowest BCUT2D eigenvalue weighted by atomic mass is 10.2. The molecule has 0 radical (unpaired) electrons. The third-order valence-corrected chi connectivity index (χ3v) is 2.80. The molecule has 0 fully saturated rings. The van der Waals surface area contributed by atoms with E-state index in [0.29, 0.717) is 12.4 Å². The first kappa shape index (κ1) is 11.6. The first-order valence-electron chi connectivity index (χ1n) is 4.22. The Morgan fingerprint density at radius 1 is 1.36 bits per heavy atom. The first-order chi connectivity index (χ1) is 6.84. The molecular weight excluding hydrogens is 216 g/mol. The summed E-state index contributed by atoms with van der Waals surface area (Å²) in [6, 6.07) is 9.28. The predicted octanol–water partition coefficient (Wildman–Crippen LogP) is 2.85.